The number of thiazole rings is 1. The number of Topliss-reactive ketones (excluding diaryl/α,β-unsaturated/α-hetero) is 1. The third-order valence-corrected chi connectivity index (χ3v) is 6.31. The third kappa shape index (κ3) is 4.31. The van der Waals surface area contributed by atoms with Gasteiger partial charge in [0.1, 0.15) is 10.8 Å². The lowest BCUT2D eigenvalue weighted by molar-refractivity contribution is -0.119. The number of nitriles is 1. The van der Waals surface area contributed by atoms with Crippen LogP contribution < -0.4 is 0 Å². The summed E-state index contributed by atoms with van der Waals surface area (Å²) in [4.78, 5) is 25.3. The normalized spacial score (nSPS) is 14.5. The van der Waals surface area contributed by atoms with E-state index in [1.54, 1.807) is 12.4 Å². The first-order valence-electron chi connectivity index (χ1n) is 9.64. The molecular weight excluding hydrogens is 436 g/mol. The van der Waals surface area contributed by atoms with Crippen molar-refractivity contribution in [1.29, 1.82) is 5.26 Å². The molecule has 10 heteroatoms. The van der Waals surface area contributed by atoms with Crippen molar-refractivity contribution >= 4 is 38.9 Å². The zero-order valence-electron chi connectivity index (χ0n) is 16.2. The number of rotatable bonds is 7. The summed E-state index contributed by atoms with van der Waals surface area (Å²) in [6.45, 7) is 0. The minimum absolute atomic E-state index is 0.0498. The molecule has 0 radical (unpaired) electrons. The maximum absolute atomic E-state index is 12.2. The van der Waals surface area contributed by atoms with Crippen LogP contribution in [0.4, 0.5) is 0 Å². The number of ketones is 1. The summed E-state index contributed by atoms with van der Waals surface area (Å²) < 4.78 is 6.63. The molecule has 0 N–H and O–H groups in total. The summed E-state index contributed by atoms with van der Waals surface area (Å²) in [6, 6.07) is 8.05. The quantitative estimate of drug-likeness (QED) is 0.411. The molecule has 154 valence electrons. The van der Waals surface area contributed by atoms with Gasteiger partial charge in [-0.05, 0) is 31.0 Å². The smallest absolute Gasteiger partial charge is 0.223 e. The zero-order chi connectivity index (χ0) is 21.4. The number of aromatic nitrogens is 5. The highest BCUT2D eigenvalue weighted by atomic mass is 35.5. The van der Waals surface area contributed by atoms with E-state index in [4.69, 9.17) is 21.3 Å². The number of hydrogen-bond donors (Lipinski definition) is 0. The van der Waals surface area contributed by atoms with Crippen LogP contribution in [0.2, 0.25) is 5.02 Å². The van der Waals surface area contributed by atoms with Crippen LogP contribution in [-0.4, -0.2) is 30.9 Å². The Hall–Kier alpha value is -3.22. The standard InChI is InChI=1S/C21H15ClN6O2S/c22-13-9-24-20(25-10-13)12-1-2-15-16(5-12)31-19(26-15)7-18-28-27-17(30-18)6-14(29)8-21(11-23)3-4-21/h1-2,5,9-10H,3-4,6-8H2. The Morgan fingerprint density at radius 1 is 1.23 bits per heavy atom. The van der Waals surface area contributed by atoms with Crippen LogP contribution in [0.15, 0.2) is 35.0 Å². The summed E-state index contributed by atoms with van der Waals surface area (Å²) in [5, 5.41) is 18.4. The van der Waals surface area contributed by atoms with Crippen molar-refractivity contribution in [3.63, 3.8) is 0 Å². The molecule has 1 aliphatic carbocycles. The molecule has 8 nitrogen and oxygen atoms in total. The Morgan fingerprint density at radius 2 is 2.00 bits per heavy atom. The van der Waals surface area contributed by atoms with E-state index in [2.05, 4.69) is 31.2 Å². The number of fused-ring (bicyclic) bond motifs is 1. The number of halogens is 1. The van der Waals surface area contributed by atoms with Gasteiger partial charge in [-0.2, -0.15) is 5.26 Å². The molecule has 3 heterocycles. The van der Waals surface area contributed by atoms with Crippen molar-refractivity contribution in [3.05, 3.63) is 52.4 Å². The molecule has 31 heavy (non-hydrogen) atoms. The van der Waals surface area contributed by atoms with Gasteiger partial charge in [0, 0.05) is 24.4 Å². The fourth-order valence-electron chi connectivity index (χ4n) is 3.30. The molecule has 0 saturated heterocycles. The first-order chi connectivity index (χ1) is 15.0. The summed E-state index contributed by atoms with van der Waals surface area (Å²) >= 11 is 7.38. The molecule has 4 aromatic rings. The van der Waals surface area contributed by atoms with Crippen LogP contribution in [0.25, 0.3) is 21.6 Å². The molecule has 0 unspecified atom stereocenters. The van der Waals surface area contributed by atoms with Crippen molar-refractivity contribution in [1.82, 2.24) is 25.1 Å². The van der Waals surface area contributed by atoms with Crippen LogP contribution in [0.3, 0.4) is 0 Å². The zero-order valence-corrected chi connectivity index (χ0v) is 17.8. The molecule has 0 bridgehead atoms. The Labute approximate surface area is 185 Å². The van der Waals surface area contributed by atoms with E-state index in [1.807, 2.05) is 18.2 Å². The van der Waals surface area contributed by atoms with Gasteiger partial charge < -0.3 is 4.42 Å². The molecule has 5 rings (SSSR count). The first-order valence-corrected chi connectivity index (χ1v) is 10.8. The van der Waals surface area contributed by atoms with Gasteiger partial charge in [-0.1, -0.05) is 11.6 Å². The van der Waals surface area contributed by atoms with E-state index in [0.717, 1.165) is 33.6 Å². The van der Waals surface area contributed by atoms with Crippen LogP contribution in [0, 0.1) is 16.7 Å². The highest BCUT2D eigenvalue weighted by molar-refractivity contribution is 7.18. The Balaban J connectivity index is 1.28. The lowest BCUT2D eigenvalue weighted by Crippen LogP contribution is -2.10. The lowest BCUT2D eigenvalue weighted by atomic mass is 10.00. The van der Waals surface area contributed by atoms with Crippen LogP contribution in [0.5, 0.6) is 0 Å². The summed E-state index contributed by atoms with van der Waals surface area (Å²) in [6.07, 6.45) is 5.39. The van der Waals surface area contributed by atoms with E-state index < -0.39 is 5.41 Å². The molecule has 0 amide bonds. The van der Waals surface area contributed by atoms with Gasteiger partial charge in [-0.25, -0.2) is 15.0 Å². The number of nitrogens with zero attached hydrogens (tertiary/aromatic N) is 6. The van der Waals surface area contributed by atoms with Gasteiger partial charge in [0.05, 0.1) is 39.6 Å². The van der Waals surface area contributed by atoms with Gasteiger partial charge in [-0.15, -0.1) is 21.5 Å². The van der Waals surface area contributed by atoms with Crippen molar-refractivity contribution in [2.45, 2.75) is 32.1 Å². The predicted octanol–water partition coefficient (Wildman–Crippen LogP) is 4.19. The van der Waals surface area contributed by atoms with Gasteiger partial charge in [0.15, 0.2) is 5.82 Å². The van der Waals surface area contributed by atoms with Crippen molar-refractivity contribution < 1.29 is 9.21 Å². The minimum Gasteiger partial charge on any atom is -0.424 e. The van der Waals surface area contributed by atoms with E-state index in [-0.39, 0.29) is 24.5 Å². The number of carbonyl (C=O) groups is 1. The second-order valence-corrected chi connectivity index (χ2v) is 9.12. The molecular formula is C21H15ClN6O2S. The summed E-state index contributed by atoms with van der Waals surface area (Å²) in [7, 11) is 0. The van der Waals surface area contributed by atoms with Crippen LogP contribution in [-0.2, 0) is 17.6 Å². The number of benzene rings is 1. The molecule has 1 aliphatic rings. The molecule has 0 atom stereocenters. The highest BCUT2D eigenvalue weighted by Gasteiger charge is 2.44. The predicted molar refractivity (Wildman–Crippen MR) is 113 cm³/mol. The second kappa shape index (κ2) is 7.80. The molecule has 1 fully saturated rings. The van der Waals surface area contributed by atoms with Crippen molar-refractivity contribution in [2.75, 3.05) is 0 Å². The molecule has 0 spiro atoms. The summed E-state index contributed by atoms with van der Waals surface area (Å²) in [5.41, 5.74) is 1.28. The number of carbonyl (C=O) groups excluding carboxylic acids is 1. The van der Waals surface area contributed by atoms with Gasteiger partial charge >= 0.3 is 0 Å². The Morgan fingerprint density at radius 3 is 2.74 bits per heavy atom. The monoisotopic (exact) mass is 450 g/mol. The largest absolute Gasteiger partial charge is 0.424 e. The number of hydrogen-bond acceptors (Lipinski definition) is 9. The van der Waals surface area contributed by atoms with Gasteiger partial charge in [0.25, 0.3) is 0 Å². The highest BCUT2D eigenvalue weighted by Crippen LogP contribution is 2.48. The first kappa shape index (κ1) is 19.7. The molecule has 1 aromatic carbocycles. The summed E-state index contributed by atoms with van der Waals surface area (Å²) in [5.74, 6) is 1.23. The molecule has 0 aliphatic heterocycles. The fourth-order valence-corrected chi connectivity index (χ4v) is 4.39. The second-order valence-electron chi connectivity index (χ2n) is 7.57. The van der Waals surface area contributed by atoms with E-state index in [9.17, 15) is 4.79 Å². The maximum atomic E-state index is 12.2. The Bertz CT molecular complexity index is 1320. The topological polar surface area (TPSA) is 118 Å². The van der Waals surface area contributed by atoms with Crippen molar-refractivity contribution in [3.8, 4) is 17.5 Å². The molecule has 3 aromatic heterocycles. The lowest BCUT2D eigenvalue weighted by Gasteiger charge is -2.01. The minimum atomic E-state index is -0.461. The fraction of sp³-hybridized carbons (Fsp3) is 0.286. The third-order valence-electron chi connectivity index (χ3n) is 5.10. The Kier molecular flexibility index (Phi) is 4.96. The van der Waals surface area contributed by atoms with Gasteiger partial charge in [-0.3, -0.25) is 4.79 Å². The average molecular weight is 451 g/mol. The van der Waals surface area contributed by atoms with Crippen LogP contribution in [0.1, 0.15) is 36.1 Å². The average Bonchev–Trinajstić information content (AvgIpc) is 3.20. The van der Waals surface area contributed by atoms with Crippen molar-refractivity contribution in [2.24, 2.45) is 5.41 Å². The van der Waals surface area contributed by atoms with Crippen LogP contribution >= 0.6 is 22.9 Å². The maximum Gasteiger partial charge on any atom is 0.223 e. The van der Waals surface area contributed by atoms with Gasteiger partial charge in [0.2, 0.25) is 11.8 Å². The molecule has 1 saturated carbocycles. The SMILES string of the molecule is N#CC1(CC(=O)Cc2nnc(Cc3nc4ccc(-c5ncc(Cl)cn5)cc4s3)o2)CC1. The van der Waals surface area contributed by atoms with E-state index in [1.165, 1.54) is 11.3 Å². The van der Waals surface area contributed by atoms with E-state index >= 15 is 0 Å². The van der Waals surface area contributed by atoms with E-state index in [0.29, 0.717) is 23.2 Å².